The summed E-state index contributed by atoms with van der Waals surface area (Å²) in [6, 6.07) is 0.714. The topological polar surface area (TPSA) is 12.0 Å². The third kappa shape index (κ3) is 3.14. The van der Waals surface area contributed by atoms with Crippen molar-refractivity contribution in [3.05, 3.63) is 0 Å². The lowest BCUT2D eigenvalue weighted by atomic mass is 9.93. The molecular weight excluding hydrogens is 146 g/mol. The van der Waals surface area contributed by atoms with Gasteiger partial charge in [-0.3, -0.25) is 0 Å². The second kappa shape index (κ2) is 4.27. The Labute approximate surface area is 76.9 Å². The van der Waals surface area contributed by atoms with Gasteiger partial charge in [-0.05, 0) is 37.1 Å². The Kier molecular flexibility index (Phi) is 3.57. The van der Waals surface area contributed by atoms with Crippen molar-refractivity contribution in [1.82, 2.24) is 5.32 Å². The van der Waals surface area contributed by atoms with Gasteiger partial charge in [0.05, 0.1) is 0 Å². The maximum atomic E-state index is 3.68. The lowest BCUT2D eigenvalue weighted by Crippen LogP contribution is -2.39. The molecule has 0 atom stereocenters. The lowest BCUT2D eigenvalue weighted by molar-refractivity contribution is 0.311. The SMILES string of the molecule is CC(C)C(NCC1CC1)C(C)C. The van der Waals surface area contributed by atoms with Crippen LogP contribution in [0, 0.1) is 17.8 Å². The highest BCUT2D eigenvalue weighted by Crippen LogP contribution is 2.28. The van der Waals surface area contributed by atoms with Gasteiger partial charge in [-0.2, -0.15) is 0 Å². The number of hydrogen-bond donors (Lipinski definition) is 1. The molecule has 1 fully saturated rings. The van der Waals surface area contributed by atoms with Gasteiger partial charge in [0.1, 0.15) is 0 Å². The lowest BCUT2D eigenvalue weighted by Gasteiger charge is -2.26. The van der Waals surface area contributed by atoms with Gasteiger partial charge in [-0.25, -0.2) is 0 Å². The van der Waals surface area contributed by atoms with Crippen molar-refractivity contribution in [2.75, 3.05) is 6.54 Å². The largest absolute Gasteiger partial charge is 0.313 e. The first-order chi connectivity index (χ1) is 5.61. The Morgan fingerprint density at radius 3 is 1.92 bits per heavy atom. The molecule has 0 aromatic rings. The van der Waals surface area contributed by atoms with Crippen molar-refractivity contribution >= 4 is 0 Å². The summed E-state index contributed by atoms with van der Waals surface area (Å²) in [5, 5.41) is 3.68. The molecule has 1 saturated carbocycles. The summed E-state index contributed by atoms with van der Waals surface area (Å²) >= 11 is 0. The van der Waals surface area contributed by atoms with E-state index in [2.05, 4.69) is 33.0 Å². The highest BCUT2D eigenvalue weighted by atomic mass is 14.9. The van der Waals surface area contributed by atoms with Gasteiger partial charge in [0, 0.05) is 6.04 Å². The van der Waals surface area contributed by atoms with Crippen molar-refractivity contribution < 1.29 is 0 Å². The zero-order valence-corrected chi connectivity index (χ0v) is 8.93. The molecule has 1 aliphatic carbocycles. The predicted molar refractivity (Wildman–Crippen MR) is 54.2 cm³/mol. The van der Waals surface area contributed by atoms with Gasteiger partial charge in [0.15, 0.2) is 0 Å². The van der Waals surface area contributed by atoms with E-state index < -0.39 is 0 Å². The van der Waals surface area contributed by atoms with Crippen LogP contribution in [0.3, 0.4) is 0 Å². The molecule has 1 heteroatoms. The smallest absolute Gasteiger partial charge is 0.0113 e. The minimum Gasteiger partial charge on any atom is -0.313 e. The van der Waals surface area contributed by atoms with Crippen LogP contribution in [-0.4, -0.2) is 12.6 Å². The van der Waals surface area contributed by atoms with E-state index in [1.807, 2.05) is 0 Å². The number of hydrogen-bond acceptors (Lipinski definition) is 1. The molecule has 12 heavy (non-hydrogen) atoms. The minimum absolute atomic E-state index is 0.714. The zero-order chi connectivity index (χ0) is 9.14. The minimum atomic E-state index is 0.714. The molecule has 1 aliphatic rings. The van der Waals surface area contributed by atoms with Gasteiger partial charge in [-0.1, -0.05) is 27.7 Å². The van der Waals surface area contributed by atoms with Crippen LogP contribution < -0.4 is 5.32 Å². The zero-order valence-electron chi connectivity index (χ0n) is 8.93. The maximum Gasteiger partial charge on any atom is 0.0113 e. The molecule has 1 nitrogen and oxygen atoms in total. The van der Waals surface area contributed by atoms with Gasteiger partial charge in [-0.15, -0.1) is 0 Å². The van der Waals surface area contributed by atoms with Crippen LogP contribution in [0.25, 0.3) is 0 Å². The van der Waals surface area contributed by atoms with Crippen molar-refractivity contribution in [2.24, 2.45) is 17.8 Å². The van der Waals surface area contributed by atoms with Crippen LogP contribution in [0.5, 0.6) is 0 Å². The molecule has 0 unspecified atom stereocenters. The van der Waals surface area contributed by atoms with Crippen molar-refractivity contribution in [3.63, 3.8) is 0 Å². The van der Waals surface area contributed by atoms with Gasteiger partial charge >= 0.3 is 0 Å². The summed E-state index contributed by atoms with van der Waals surface area (Å²) in [6.45, 7) is 10.5. The fourth-order valence-electron chi connectivity index (χ4n) is 1.87. The monoisotopic (exact) mass is 169 g/mol. The second-order valence-electron chi connectivity index (χ2n) is 4.87. The molecular formula is C11H23N. The van der Waals surface area contributed by atoms with Crippen LogP contribution in [-0.2, 0) is 0 Å². The van der Waals surface area contributed by atoms with E-state index in [1.165, 1.54) is 19.4 Å². The molecule has 0 aliphatic heterocycles. The van der Waals surface area contributed by atoms with Crippen molar-refractivity contribution in [3.8, 4) is 0 Å². The fourth-order valence-corrected chi connectivity index (χ4v) is 1.87. The Morgan fingerprint density at radius 1 is 1.08 bits per heavy atom. The van der Waals surface area contributed by atoms with E-state index in [0.717, 1.165) is 17.8 Å². The van der Waals surface area contributed by atoms with Crippen LogP contribution in [0.4, 0.5) is 0 Å². The van der Waals surface area contributed by atoms with E-state index in [4.69, 9.17) is 0 Å². The molecule has 1 rings (SSSR count). The Morgan fingerprint density at radius 2 is 1.58 bits per heavy atom. The van der Waals surface area contributed by atoms with Crippen LogP contribution in [0.2, 0.25) is 0 Å². The third-order valence-corrected chi connectivity index (χ3v) is 2.78. The fraction of sp³-hybridized carbons (Fsp3) is 1.00. The molecule has 1 N–H and O–H groups in total. The molecule has 0 radical (unpaired) electrons. The summed E-state index contributed by atoms with van der Waals surface area (Å²) in [7, 11) is 0. The Bertz CT molecular complexity index is 117. The molecule has 0 amide bonds. The Balaban J connectivity index is 2.21. The second-order valence-corrected chi connectivity index (χ2v) is 4.87. The first-order valence-corrected chi connectivity index (χ1v) is 5.34. The summed E-state index contributed by atoms with van der Waals surface area (Å²) in [6.07, 6.45) is 2.91. The molecule has 0 spiro atoms. The molecule has 0 bridgehead atoms. The molecule has 0 saturated heterocycles. The molecule has 0 aromatic carbocycles. The average molecular weight is 169 g/mol. The molecule has 0 heterocycles. The summed E-state index contributed by atoms with van der Waals surface area (Å²) < 4.78 is 0. The summed E-state index contributed by atoms with van der Waals surface area (Å²) in [5.74, 6) is 2.54. The van der Waals surface area contributed by atoms with E-state index in [1.54, 1.807) is 0 Å². The Hall–Kier alpha value is -0.0400. The van der Waals surface area contributed by atoms with E-state index >= 15 is 0 Å². The average Bonchev–Trinajstić information content (AvgIpc) is 2.69. The van der Waals surface area contributed by atoms with Gasteiger partial charge in [0.2, 0.25) is 0 Å². The maximum absolute atomic E-state index is 3.68. The van der Waals surface area contributed by atoms with Crippen molar-refractivity contribution in [1.29, 1.82) is 0 Å². The quantitative estimate of drug-likeness (QED) is 0.667. The summed E-state index contributed by atoms with van der Waals surface area (Å²) in [4.78, 5) is 0. The third-order valence-electron chi connectivity index (χ3n) is 2.78. The summed E-state index contributed by atoms with van der Waals surface area (Å²) in [5.41, 5.74) is 0. The van der Waals surface area contributed by atoms with Crippen LogP contribution in [0.15, 0.2) is 0 Å². The standard InChI is InChI=1S/C11H23N/c1-8(2)11(9(3)4)12-7-10-5-6-10/h8-12H,5-7H2,1-4H3. The van der Waals surface area contributed by atoms with Crippen molar-refractivity contribution in [2.45, 2.75) is 46.6 Å². The first-order valence-electron chi connectivity index (χ1n) is 5.34. The predicted octanol–water partition coefficient (Wildman–Crippen LogP) is 2.67. The highest BCUT2D eigenvalue weighted by Gasteiger charge is 2.24. The number of rotatable bonds is 5. The normalized spacial score (nSPS) is 18.2. The van der Waals surface area contributed by atoms with E-state index in [9.17, 15) is 0 Å². The van der Waals surface area contributed by atoms with Crippen LogP contribution in [0.1, 0.15) is 40.5 Å². The van der Waals surface area contributed by atoms with E-state index in [-0.39, 0.29) is 0 Å². The molecule has 0 aromatic heterocycles. The highest BCUT2D eigenvalue weighted by molar-refractivity contribution is 4.80. The van der Waals surface area contributed by atoms with Gasteiger partial charge in [0.25, 0.3) is 0 Å². The van der Waals surface area contributed by atoms with Crippen LogP contribution >= 0.6 is 0 Å². The first kappa shape index (κ1) is 10.0. The van der Waals surface area contributed by atoms with E-state index in [0.29, 0.717) is 6.04 Å². The number of nitrogens with one attached hydrogen (secondary N) is 1. The van der Waals surface area contributed by atoms with Gasteiger partial charge < -0.3 is 5.32 Å². The molecule has 72 valence electrons.